The van der Waals surface area contributed by atoms with Crippen LogP contribution in [0, 0.1) is 10.1 Å². The number of nitro benzene ring substituents is 1. The first-order valence-electron chi connectivity index (χ1n) is 4.20. The van der Waals surface area contributed by atoms with Crippen molar-refractivity contribution in [2.45, 2.75) is 18.7 Å². The Morgan fingerprint density at radius 1 is 1.38 bits per heavy atom. The summed E-state index contributed by atoms with van der Waals surface area (Å²) >= 11 is 0. The zero-order chi connectivity index (χ0) is 12.6. The van der Waals surface area contributed by atoms with Gasteiger partial charge in [-0.05, 0) is 12.5 Å². The van der Waals surface area contributed by atoms with E-state index in [1.165, 1.54) is 0 Å². The topological polar surface area (TPSA) is 63.4 Å². The number of rotatable bonds is 2. The summed E-state index contributed by atoms with van der Waals surface area (Å²) in [5.41, 5.74) is -4.16. The number of alkyl halides is 3. The average molecular weight is 235 g/mol. The van der Waals surface area contributed by atoms with Crippen LogP contribution < -0.4 is 0 Å². The summed E-state index contributed by atoms with van der Waals surface area (Å²) in [6, 6.07) is 3.83. The first-order chi connectivity index (χ1) is 7.16. The van der Waals surface area contributed by atoms with Crippen molar-refractivity contribution < 1.29 is 23.2 Å². The molecule has 0 aliphatic carbocycles. The molecule has 0 aromatic heterocycles. The predicted molar refractivity (Wildman–Crippen MR) is 48.7 cm³/mol. The third-order valence-electron chi connectivity index (χ3n) is 2.17. The summed E-state index contributed by atoms with van der Waals surface area (Å²) in [7, 11) is 0. The van der Waals surface area contributed by atoms with E-state index in [1.807, 2.05) is 0 Å². The van der Waals surface area contributed by atoms with Crippen LogP contribution in [-0.2, 0) is 5.60 Å². The minimum atomic E-state index is -4.89. The molecule has 1 aromatic carbocycles. The molecule has 0 saturated heterocycles. The van der Waals surface area contributed by atoms with Crippen LogP contribution in [0.2, 0.25) is 0 Å². The lowest BCUT2D eigenvalue weighted by Gasteiger charge is -2.26. The molecule has 7 heteroatoms. The highest BCUT2D eigenvalue weighted by atomic mass is 19.4. The van der Waals surface area contributed by atoms with Crippen molar-refractivity contribution >= 4 is 5.69 Å². The molecule has 0 aliphatic rings. The van der Waals surface area contributed by atoms with Crippen LogP contribution in [0.1, 0.15) is 12.5 Å². The second-order valence-corrected chi connectivity index (χ2v) is 3.38. The molecule has 0 aliphatic heterocycles. The van der Waals surface area contributed by atoms with Gasteiger partial charge in [-0.25, -0.2) is 0 Å². The fourth-order valence-electron chi connectivity index (χ4n) is 1.09. The van der Waals surface area contributed by atoms with Crippen LogP contribution in [0.25, 0.3) is 0 Å². The number of aliphatic hydroxyl groups is 1. The van der Waals surface area contributed by atoms with Crippen LogP contribution in [0.3, 0.4) is 0 Å². The van der Waals surface area contributed by atoms with Gasteiger partial charge in [-0.3, -0.25) is 10.1 Å². The summed E-state index contributed by atoms with van der Waals surface area (Å²) in [5, 5.41) is 19.7. The lowest BCUT2D eigenvalue weighted by Crippen LogP contribution is -2.39. The molecule has 0 saturated carbocycles. The van der Waals surface area contributed by atoms with Gasteiger partial charge in [0, 0.05) is 12.1 Å². The van der Waals surface area contributed by atoms with Gasteiger partial charge in [-0.15, -0.1) is 0 Å². The van der Waals surface area contributed by atoms with Crippen LogP contribution in [0.5, 0.6) is 0 Å². The Balaban J connectivity index is 3.24. The van der Waals surface area contributed by atoms with Gasteiger partial charge in [0.25, 0.3) is 5.69 Å². The SMILES string of the molecule is C[C@@](O)(c1cccc([N+](=O)[O-])c1)C(F)(F)F. The Hall–Kier alpha value is -1.63. The van der Waals surface area contributed by atoms with Crippen molar-refractivity contribution in [2.24, 2.45) is 0 Å². The highest BCUT2D eigenvalue weighted by Gasteiger charge is 2.51. The largest absolute Gasteiger partial charge is 0.421 e. The molecule has 0 heterocycles. The number of hydrogen-bond donors (Lipinski definition) is 1. The molecule has 1 aromatic rings. The summed E-state index contributed by atoms with van der Waals surface area (Å²) in [5.74, 6) is 0. The molecule has 0 bridgehead atoms. The molecule has 0 spiro atoms. The second kappa shape index (κ2) is 3.75. The van der Waals surface area contributed by atoms with E-state index in [0.717, 1.165) is 18.2 Å². The molecule has 0 fully saturated rings. The molecule has 0 radical (unpaired) electrons. The smallest absolute Gasteiger partial charge is 0.376 e. The Kier molecular flexibility index (Phi) is 2.91. The third-order valence-corrected chi connectivity index (χ3v) is 2.17. The zero-order valence-electron chi connectivity index (χ0n) is 8.15. The van der Waals surface area contributed by atoms with Gasteiger partial charge < -0.3 is 5.11 Å². The molecular weight excluding hydrogens is 227 g/mol. The maximum atomic E-state index is 12.4. The molecule has 0 unspecified atom stereocenters. The maximum absolute atomic E-state index is 12.4. The standard InChI is InChI=1S/C9H8F3NO3/c1-8(14,9(10,11)12)6-3-2-4-7(5-6)13(15)16/h2-5,14H,1H3/t8-/m1/s1. The van der Waals surface area contributed by atoms with Crippen molar-refractivity contribution in [1.29, 1.82) is 0 Å². The maximum Gasteiger partial charge on any atom is 0.421 e. The van der Waals surface area contributed by atoms with Crippen LogP contribution in [-0.4, -0.2) is 16.2 Å². The molecule has 16 heavy (non-hydrogen) atoms. The van der Waals surface area contributed by atoms with Gasteiger partial charge in [-0.2, -0.15) is 13.2 Å². The fourth-order valence-corrected chi connectivity index (χ4v) is 1.09. The number of benzene rings is 1. The Morgan fingerprint density at radius 2 is 1.94 bits per heavy atom. The summed E-state index contributed by atoms with van der Waals surface area (Å²) < 4.78 is 37.3. The zero-order valence-corrected chi connectivity index (χ0v) is 8.15. The van der Waals surface area contributed by atoms with Crippen molar-refractivity contribution in [1.82, 2.24) is 0 Å². The van der Waals surface area contributed by atoms with Crippen LogP contribution in [0.4, 0.5) is 18.9 Å². The van der Waals surface area contributed by atoms with Gasteiger partial charge in [0.2, 0.25) is 0 Å². The first-order valence-corrected chi connectivity index (χ1v) is 4.20. The van der Waals surface area contributed by atoms with Gasteiger partial charge in [-0.1, -0.05) is 12.1 Å². The summed E-state index contributed by atoms with van der Waals surface area (Å²) in [6.45, 7) is 0.548. The van der Waals surface area contributed by atoms with E-state index in [9.17, 15) is 28.4 Å². The Labute approximate surface area is 88.5 Å². The summed E-state index contributed by atoms with van der Waals surface area (Å²) in [6.07, 6.45) is -4.89. The molecule has 4 nitrogen and oxygen atoms in total. The van der Waals surface area contributed by atoms with Crippen molar-refractivity contribution in [3.8, 4) is 0 Å². The van der Waals surface area contributed by atoms with Gasteiger partial charge >= 0.3 is 6.18 Å². The number of nitro groups is 1. The number of non-ortho nitro benzene ring substituents is 1. The van der Waals surface area contributed by atoms with E-state index in [0.29, 0.717) is 13.0 Å². The van der Waals surface area contributed by atoms with Gasteiger partial charge in [0.1, 0.15) is 0 Å². The predicted octanol–water partition coefficient (Wildman–Crippen LogP) is 2.36. The minimum absolute atomic E-state index is 0.498. The Bertz CT molecular complexity index is 415. The third kappa shape index (κ3) is 2.13. The average Bonchev–Trinajstić information content (AvgIpc) is 2.16. The molecule has 1 rings (SSSR count). The van der Waals surface area contributed by atoms with Crippen molar-refractivity contribution in [2.75, 3.05) is 0 Å². The highest BCUT2D eigenvalue weighted by Crippen LogP contribution is 2.39. The van der Waals surface area contributed by atoms with E-state index < -0.39 is 28.0 Å². The molecule has 88 valence electrons. The normalized spacial score (nSPS) is 15.6. The Morgan fingerprint density at radius 3 is 2.38 bits per heavy atom. The number of halogens is 3. The lowest BCUT2D eigenvalue weighted by atomic mass is 9.95. The number of hydrogen-bond acceptors (Lipinski definition) is 3. The van der Waals surface area contributed by atoms with E-state index in [2.05, 4.69) is 0 Å². The van der Waals surface area contributed by atoms with Gasteiger partial charge in [0.05, 0.1) is 4.92 Å². The lowest BCUT2D eigenvalue weighted by molar-refractivity contribution is -0.385. The molecule has 0 amide bonds. The van der Waals surface area contributed by atoms with Crippen molar-refractivity contribution in [3.05, 3.63) is 39.9 Å². The monoisotopic (exact) mass is 235 g/mol. The fraction of sp³-hybridized carbons (Fsp3) is 0.333. The first kappa shape index (κ1) is 12.4. The second-order valence-electron chi connectivity index (χ2n) is 3.38. The van der Waals surface area contributed by atoms with Crippen molar-refractivity contribution in [3.63, 3.8) is 0 Å². The van der Waals surface area contributed by atoms with Crippen LogP contribution >= 0.6 is 0 Å². The van der Waals surface area contributed by atoms with E-state index >= 15 is 0 Å². The molecule has 1 atom stereocenters. The van der Waals surface area contributed by atoms with E-state index in [4.69, 9.17) is 0 Å². The number of nitrogens with zero attached hydrogens (tertiary/aromatic N) is 1. The molecular formula is C9H8F3NO3. The van der Waals surface area contributed by atoms with E-state index in [1.54, 1.807) is 0 Å². The summed E-state index contributed by atoms with van der Waals surface area (Å²) in [4.78, 5) is 9.55. The quantitative estimate of drug-likeness (QED) is 0.632. The van der Waals surface area contributed by atoms with Gasteiger partial charge in [0.15, 0.2) is 5.60 Å². The van der Waals surface area contributed by atoms with Crippen LogP contribution in [0.15, 0.2) is 24.3 Å². The highest BCUT2D eigenvalue weighted by molar-refractivity contribution is 5.37. The molecule has 1 N–H and O–H groups in total. The van der Waals surface area contributed by atoms with E-state index in [-0.39, 0.29) is 0 Å². The minimum Gasteiger partial charge on any atom is -0.376 e.